The van der Waals surface area contributed by atoms with Crippen LogP contribution in [0.5, 0.6) is 0 Å². The number of nitrogens with zero attached hydrogens (tertiary/aromatic N) is 2. The van der Waals surface area contributed by atoms with Crippen LogP contribution in [0.15, 0.2) is 48.8 Å². The molecule has 1 aliphatic carbocycles. The van der Waals surface area contributed by atoms with Crippen LogP contribution in [-0.4, -0.2) is 22.8 Å². The van der Waals surface area contributed by atoms with E-state index in [1.165, 1.54) is 12.4 Å². The summed E-state index contributed by atoms with van der Waals surface area (Å²) in [4.78, 5) is 28.5. The fourth-order valence-corrected chi connectivity index (χ4v) is 2.31. The first-order chi connectivity index (χ1) is 12.6. The molecule has 26 heavy (non-hydrogen) atoms. The maximum atomic E-state index is 12.4. The van der Waals surface area contributed by atoms with Crippen LogP contribution in [0.4, 0.5) is 5.82 Å². The molecule has 0 aliphatic heterocycles. The van der Waals surface area contributed by atoms with Gasteiger partial charge in [-0.1, -0.05) is 12.1 Å². The molecule has 0 unspecified atom stereocenters. The molecule has 0 saturated heterocycles. The monoisotopic (exact) mass is 347 g/mol. The highest BCUT2D eigenvalue weighted by molar-refractivity contribution is 6.25. The van der Waals surface area contributed by atoms with Gasteiger partial charge in [-0.2, -0.15) is 5.26 Å². The number of amides is 2. The number of hydrogen-bond donors (Lipinski definition) is 3. The van der Waals surface area contributed by atoms with Crippen LogP contribution < -0.4 is 16.4 Å². The molecule has 1 aliphatic rings. The number of benzene rings is 1. The number of nitriles is 1. The second kappa shape index (κ2) is 7.49. The molecular weight excluding hydrogens is 330 g/mol. The Kier molecular flexibility index (Phi) is 4.94. The lowest BCUT2D eigenvalue weighted by Crippen LogP contribution is -2.25. The summed E-state index contributed by atoms with van der Waals surface area (Å²) in [6.07, 6.45) is 4.64. The van der Waals surface area contributed by atoms with E-state index in [0.717, 1.165) is 12.8 Å². The summed E-state index contributed by atoms with van der Waals surface area (Å²) in [5, 5.41) is 14.4. The van der Waals surface area contributed by atoms with Gasteiger partial charge in [0.2, 0.25) is 0 Å². The van der Waals surface area contributed by atoms with E-state index >= 15 is 0 Å². The summed E-state index contributed by atoms with van der Waals surface area (Å²) in [5.41, 5.74) is 7.36. The third-order valence-electron chi connectivity index (χ3n) is 3.92. The summed E-state index contributed by atoms with van der Waals surface area (Å²) in [6.45, 7) is 0. The zero-order valence-electron chi connectivity index (χ0n) is 13.9. The van der Waals surface area contributed by atoms with Gasteiger partial charge in [0.05, 0.1) is 22.8 Å². The molecule has 2 amide bonds. The second-order valence-electron chi connectivity index (χ2n) is 5.90. The average molecular weight is 347 g/mol. The van der Waals surface area contributed by atoms with Gasteiger partial charge in [-0.25, -0.2) is 4.98 Å². The molecule has 1 aromatic heterocycles. The molecule has 1 fully saturated rings. The number of nitrogens with two attached hydrogens (primary N) is 1. The van der Waals surface area contributed by atoms with E-state index in [-0.39, 0.29) is 17.5 Å². The number of carbonyl (C=O) groups excluding carboxylic acids is 2. The van der Waals surface area contributed by atoms with E-state index in [2.05, 4.69) is 15.6 Å². The van der Waals surface area contributed by atoms with Crippen LogP contribution in [-0.2, 0) is 4.79 Å². The minimum atomic E-state index is -0.431. The van der Waals surface area contributed by atoms with Crippen molar-refractivity contribution < 1.29 is 9.59 Å². The molecule has 0 bridgehead atoms. The normalized spacial score (nSPS) is 13.6. The van der Waals surface area contributed by atoms with Crippen molar-refractivity contribution in [2.45, 2.75) is 18.9 Å². The van der Waals surface area contributed by atoms with Crippen LogP contribution in [0.25, 0.3) is 5.57 Å². The molecule has 1 aromatic carbocycles. The summed E-state index contributed by atoms with van der Waals surface area (Å²) in [6, 6.07) is 12.0. The van der Waals surface area contributed by atoms with Crippen molar-refractivity contribution >= 4 is 23.2 Å². The second-order valence-corrected chi connectivity index (χ2v) is 5.90. The Bertz CT molecular complexity index is 891. The number of anilines is 1. The first kappa shape index (κ1) is 17.2. The van der Waals surface area contributed by atoms with Crippen molar-refractivity contribution in [3.8, 4) is 6.07 Å². The molecule has 0 radical (unpaired) electrons. The maximum absolute atomic E-state index is 12.4. The number of hydrogen-bond acceptors (Lipinski definition) is 5. The van der Waals surface area contributed by atoms with Gasteiger partial charge in [0.15, 0.2) is 0 Å². The third kappa shape index (κ3) is 4.05. The van der Waals surface area contributed by atoms with Crippen LogP contribution in [0.1, 0.15) is 34.3 Å². The molecule has 3 rings (SSSR count). The molecule has 1 saturated carbocycles. The van der Waals surface area contributed by atoms with Crippen molar-refractivity contribution in [3.63, 3.8) is 0 Å². The Labute approximate surface area is 150 Å². The SMILES string of the molecule is N#Cc1ccc(C(=CN)C(=O)Nc2ccc(C(=O)NC3CC3)cn2)cc1. The summed E-state index contributed by atoms with van der Waals surface area (Å²) in [5.74, 6) is -0.288. The Balaban J connectivity index is 1.67. The quantitative estimate of drug-likeness (QED) is 0.712. The first-order valence-corrected chi connectivity index (χ1v) is 8.11. The molecule has 130 valence electrons. The number of pyridine rings is 1. The van der Waals surface area contributed by atoms with E-state index in [9.17, 15) is 9.59 Å². The van der Waals surface area contributed by atoms with Gasteiger partial charge in [-0.05, 0) is 42.7 Å². The van der Waals surface area contributed by atoms with Gasteiger partial charge < -0.3 is 16.4 Å². The molecule has 2 aromatic rings. The highest BCUT2D eigenvalue weighted by Gasteiger charge is 2.23. The average Bonchev–Trinajstić information content (AvgIpc) is 3.47. The maximum Gasteiger partial charge on any atom is 0.258 e. The molecule has 1 heterocycles. The molecule has 7 nitrogen and oxygen atoms in total. The van der Waals surface area contributed by atoms with Crippen molar-refractivity contribution in [3.05, 3.63) is 65.5 Å². The predicted molar refractivity (Wildman–Crippen MR) is 96.7 cm³/mol. The minimum Gasteiger partial charge on any atom is -0.404 e. The highest BCUT2D eigenvalue weighted by Crippen LogP contribution is 2.20. The van der Waals surface area contributed by atoms with E-state index in [1.54, 1.807) is 36.4 Å². The van der Waals surface area contributed by atoms with Crippen molar-refractivity contribution in [1.29, 1.82) is 5.26 Å². The largest absolute Gasteiger partial charge is 0.404 e. The summed E-state index contributed by atoms with van der Waals surface area (Å²) in [7, 11) is 0. The van der Waals surface area contributed by atoms with E-state index in [1.807, 2.05) is 6.07 Å². The third-order valence-corrected chi connectivity index (χ3v) is 3.92. The highest BCUT2D eigenvalue weighted by atomic mass is 16.2. The lowest BCUT2D eigenvalue weighted by molar-refractivity contribution is -0.111. The van der Waals surface area contributed by atoms with E-state index in [0.29, 0.717) is 22.5 Å². The van der Waals surface area contributed by atoms with Gasteiger partial charge in [0.25, 0.3) is 11.8 Å². The van der Waals surface area contributed by atoms with Gasteiger partial charge in [0, 0.05) is 18.4 Å². The first-order valence-electron chi connectivity index (χ1n) is 8.11. The van der Waals surface area contributed by atoms with Crippen LogP contribution in [0.3, 0.4) is 0 Å². The molecule has 4 N–H and O–H groups in total. The number of carbonyl (C=O) groups is 2. The summed E-state index contributed by atoms with van der Waals surface area (Å²) >= 11 is 0. The Morgan fingerprint density at radius 1 is 1.15 bits per heavy atom. The fourth-order valence-electron chi connectivity index (χ4n) is 2.31. The molecule has 7 heteroatoms. The van der Waals surface area contributed by atoms with Crippen molar-refractivity contribution in [2.24, 2.45) is 5.73 Å². The predicted octanol–water partition coefficient (Wildman–Crippen LogP) is 1.78. The Hall–Kier alpha value is -3.66. The van der Waals surface area contributed by atoms with Gasteiger partial charge in [-0.3, -0.25) is 9.59 Å². The lowest BCUT2D eigenvalue weighted by Gasteiger charge is -2.09. The zero-order chi connectivity index (χ0) is 18.5. The van der Waals surface area contributed by atoms with Gasteiger partial charge >= 0.3 is 0 Å². The Morgan fingerprint density at radius 3 is 2.38 bits per heavy atom. The van der Waals surface area contributed by atoms with Gasteiger partial charge in [0.1, 0.15) is 5.82 Å². The fraction of sp³-hybridized carbons (Fsp3) is 0.158. The number of aromatic nitrogens is 1. The zero-order valence-corrected chi connectivity index (χ0v) is 13.9. The van der Waals surface area contributed by atoms with Crippen LogP contribution >= 0.6 is 0 Å². The standard InChI is InChI=1S/C19H17N5O2/c20-9-12-1-3-13(4-2-12)16(10-21)19(26)24-17-8-5-14(11-22-17)18(25)23-15-6-7-15/h1-5,8,10-11,15H,6-7,21H2,(H,23,25)(H,22,24,26). The van der Waals surface area contributed by atoms with Crippen molar-refractivity contribution in [1.82, 2.24) is 10.3 Å². The molecular formula is C19H17N5O2. The number of nitrogens with one attached hydrogen (secondary N) is 2. The van der Waals surface area contributed by atoms with E-state index < -0.39 is 5.91 Å². The van der Waals surface area contributed by atoms with Crippen molar-refractivity contribution in [2.75, 3.05) is 5.32 Å². The lowest BCUT2D eigenvalue weighted by atomic mass is 10.0. The van der Waals surface area contributed by atoms with E-state index in [4.69, 9.17) is 11.0 Å². The van der Waals surface area contributed by atoms with Gasteiger partial charge in [-0.15, -0.1) is 0 Å². The van der Waals surface area contributed by atoms with Crippen LogP contribution in [0.2, 0.25) is 0 Å². The topological polar surface area (TPSA) is 121 Å². The molecule has 0 spiro atoms. The molecule has 0 atom stereocenters. The summed E-state index contributed by atoms with van der Waals surface area (Å²) < 4.78 is 0. The minimum absolute atomic E-state index is 0.169. The Morgan fingerprint density at radius 2 is 1.85 bits per heavy atom. The smallest absolute Gasteiger partial charge is 0.258 e. The van der Waals surface area contributed by atoms with Crippen LogP contribution in [0, 0.1) is 11.3 Å². The number of rotatable bonds is 5.